The Morgan fingerprint density at radius 2 is 1.67 bits per heavy atom. The highest BCUT2D eigenvalue weighted by Gasteiger charge is 2.53. The molecule has 1 aliphatic heterocycles. The number of nitrogens with one attached hydrogen (secondary N) is 3. The van der Waals surface area contributed by atoms with Gasteiger partial charge in [0, 0.05) is 22.0 Å². The van der Waals surface area contributed by atoms with E-state index < -0.39 is 10.0 Å². The van der Waals surface area contributed by atoms with Crippen LogP contribution in [0.1, 0.15) is 58.3 Å². The zero-order valence-electron chi connectivity index (χ0n) is 23.2. The molecule has 42 heavy (non-hydrogen) atoms. The van der Waals surface area contributed by atoms with Crippen molar-refractivity contribution < 1.29 is 13.2 Å². The molecule has 0 unspecified atom stereocenters. The van der Waals surface area contributed by atoms with Crippen LogP contribution in [-0.4, -0.2) is 14.3 Å². The highest BCUT2D eigenvalue weighted by Crippen LogP contribution is 2.63. The number of carbonyl (C=O) groups is 1. The lowest BCUT2D eigenvalue weighted by atomic mass is 9.68. The summed E-state index contributed by atoms with van der Waals surface area (Å²) >= 11 is 6.14. The number of benzene rings is 4. The van der Waals surface area contributed by atoms with Gasteiger partial charge in [-0.2, -0.15) is 0 Å². The molecule has 6 nitrogen and oxygen atoms in total. The smallest absolute Gasteiger partial charge is 0.261 e. The first-order chi connectivity index (χ1) is 20.3. The van der Waals surface area contributed by atoms with Gasteiger partial charge in [0.25, 0.3) is 15.9 Å². The fraction of sp³-hybridized carbons (Fsp3) is 0.265. The molecule has 3 N–H and O–H groups in total. The normalized spacial score (nSPS) is 23.9. The Morgan fingerprint density at radius 3 is 2.45 bits per heavy atom. The lowest BCUT2D eigenvalue weighted by Crippen LogP contribution is -2.35. The van der Waals surface area contributed by atoms with Crippen LogP contribution < -0.4 is 15.4 Å². The zero-order chi connectivity index (χ0) is 29.0. The van der Waals surface area contributed by atoms with Crippen molar-refractivity contribution in [3.63, 3.8) is 0 Å². The van der Waals surface area contributed by atoms with Crippen LogP contribution in [0.4, 0.5) is 17.1 Å². The van der Waals surface area contributed by atoms with E-state index in [9.17, 15) is 13.2 Å². The minimum absolute atomic E-state index is 0.0926. The van der Waals surface area contributed by atoms with Crippen molar-refractivity contribution in [1.82, 2.24) is 0 Å². The van der Waals surface area contributed by atoms with E-state index in [1.807, 2.05) is 12.1 Å². The molecule has 5 atom stereocenters. The van der Waals surface area contributed by atoms with Gasteiger partial charge in [-0.05, 0) is 121 Å². The molecule has 2 saturated carbocycles. The Hall–Kier alpha value is -3.81. The molecule has 0 radical (unpaired) electrons. The molecule has 4 aromatic rings. The molecule has 2 aliphatic carbocycles. The first kappa shape index (κ1) is 27.0. The van der Waals surface area contributed by atoms with E-state index in [2.05, 4.69) is 51.8 Å². The van der Waals surface area contributed by atoms with E-state index in [0.717, 1.165) is 5.69 Å². The maximum Gasteiger partial charge on any atom is 0.261 e. The molecule has 2 fully saturated rings. The Kier molecular flexibility index (Phi) is 6.75. The van der Waals surface area contributed by atoms with Crippen LogP contribution in [0.5, 0.6) is 0 Å². The summed E-state index contributed by atoms with van der Waals surface area (Å²) in [7, 11) is -3.83. The van der Waals surface area contributed by atoms with Crippen molar-refractivity contribution in [2.45, 2.75) is 43.0 Å². The van der Waals surface area contributed by atoms with Crippen molar-refractivity contribution in [1.29, 1.82) is 0 Å². The molecule has 214 valence electrons. The number of hydrogen-bond donors (Lipinski definition) is 3. The maximum absolute atomic E-state index is 13.4. The summed E-state index contributed by atoms with van der Waals surface area (Å²) in [5.41, 5.74) is 5.90. The molecule has 2 bridgehead atoms. The highest BCUT2D eigenvalue weighted by atomic mass is 35.5. The maximum atomic E-state index is 13.4. The van der Waals surface area contributed by atoms with Gasteiger partial charge in [0.05, 0.1) is 16.6 Å². The van der Waals surface area contributed by atoms with Crippen molar-refractivity contribution in [2.24, 2.45) is 17.8 Å². The van der Waals surface area contributed by atoms with Crippen molar-refractivity contribution in [2.75, 3.05) is 15.4 Å². The van der Waals surface area contributed by atoms with Crippen LogP contribution in [0.15, 0.2) is 95.9 Å². The van der Waals surface area contributed by atoms with Gasteiger partial charge < -0.3 is 10.6 Å². The molecule has 4 aromatic carbocycles. The van der Waals surface area contributed by atoms with Crippen LogP contribution in [-0.2, 0) is 10.0 Å². The SMILES string of the molecule is Cc1c(Cl)cccc1NS(=O)(=O)c1ccc(NC(=O)c2ccc3c(c2)[C@@H]2[C@H]4CC[C@@H](C4)[C@@H]2[C@H](c2ccccc2)N3)cc1. The average molecular weight is 598 g/mol. The lowest BCUT2D eigenvalue weighted by Gasteiger charge is -2.43. The van der Waals surface area contributed by atoms with Gasteiger partial charge in [0.2, 0.25) is 0 Å². The van der Waals surface area contributed by atoms with E-state index in [4.69, 9.17) is 11.6 Å². The van der Waals surface area contributed by atoms with Gasteiger partial charge in [0.15, 0.2) is 0 Å². The molecule has 0 spiro atoms. The number of rotatable bonds is 6. The summed E-state index contributed by atoms with van der Waals surface area (Å²) in [6.45, 7) is 1.76. The second-order valence-electron chi connectivity index (χ2n) is 11.8. The van der Waals surface area contributed by atoms with Crippen LogP contribution >= 0.6 is 11.6 Å². The Labute approximate surface area is 251 Å². The molecule has 0 aromatic heterocycles. The second kappa shape index (κ2) is 10.5. The average Bonchev–Trinajstić information content (AvgIpc) is 3.63. The molecule has 3 aliphatic rings. The summed E-state index contributed by atoms with van der Waals surface area (Å²) in [6, 6.07) is 28.2. The van der Waals surface area contributed by atoms with Gasteiger partial charge >= 0.3 is 0 Å². The number of hydrogen-bond acceptors (Lipinski definition) is 4. The topological polar surface area (TPSA) is 87.3 Å². The second-order valence-corrected chi connectivity index (χ2v) is 13.9. The van der Waals surface area contributed by atoms with Crippen molar-refractivity contribution in [3.8, 4) is 0 Å². The van der Waals surface area contributed by atoms with Crippen molar-refractivity contribution in [3.05, 3.63) is 118 Å². The number of sulfonamides is 1. The molecule has 1 heterocycles. The van der Waals surface area contributed by atoms with E-state index in [-0.39, 0.29) is 16.8 Å². The fourth-order valence-electron chi connectivity index (χ4n) is 7.46. The van der Waals surface area contributed by atoms with Gasteiger partial charge in [-0.15, -0.1) is 0 Å². The van der Waals surface area contributed by atoms with Crippen LogP contribution in [0.3, 0.4) is 0 Å². The minimum atomic E-state index is -3.83. The van der Waals surface area contributed by atoms with Crippen LogP contribution in [0, 0.1) is 24.7 Å². The Bertz CT molecular complexity index is 1780. The largest absolute Gasteiger partial charge is 0.378 e. The number of anilines is 3. The first-order valence-electron chi connectivity index (χ1n) is 14.4. The first-order valence-corrected chi connectivity index (χ1v) is 16.3. The summed E-state index contributed by atoms with van der Waals surface area (Å²) in [4.78, 5) is 13.4. The standard InChI is InChI=1S/C34H32ClN3O3S/c1-20-28(35)8-5-9-29(20)38-42(40,41)26-15-13-25(14-16-26)36-34(39)24-12-17-30-27(19-24)31-22-10-11-23(18-22)32(31)33(37-30)21-6-3-2-4-7-21/h2-9,12-17,19,22-23,31-33,37-38H,10-11,18H2,1H3,(H,36,39)/t22-,23-,31-,32-,33-/m0/s1. The molecule has 0 saturated heterocycles. The van der Waals surface area contributed by atoms with E-state index in [1.165, 1.54) is 42.5 Å². The third-order valence-electron chi connectivity index (χ3n) is 9.44. The quantitative estimate of drug-likeness (QED) is 0.210. The number of fused-ring (bicyclic) bond motifs is 7. The van der Waals surface area contributed by atoms with E-state index in [0.29, 0.717) is 51.2 Å². The van der Waals surface area contributed by atoms with Crippen LogP contribution in [0.25, 0.3) is 0 Å². The summed E-state index contributed by atoms with van der Waals surface area (Å²) < 4.78 is 28.5. The summed E-state index contributed by atoms with van der Waals surface area (Å²) in [6.07, 6.45) is 3.80. The van der Waals surface area contributed by atoms with Gasteiger partial charge in [-0.1, -0.05) is 48.0 Å². The van der Waals surface area contributed by atoms with Gasteiger partial charge in [-0.25, -0.2) is 8.42 Å². The molecule has 1 amide bonds. The third-order valence-corrected chi connectivity index (χ3v) is 11.2. The number of carbonyl (C=O) groups excluding carboxylic acids is 1. The molecular formula is C34H32ClN3O3S. The van der Waals surface area contributed by atoms with Gasteiger partial charge in [0.1, 0.15) is 0 Å². The van der Waals surface area contributed by atoms with Gasteiger partial charge in [-0.3, -0.25) is 9.52 Å². The zero-order valence-corrected chi connectivity index (χ0v) is 24.8. The summed E-state index contributed by atoms with van der Waals surface area (Å²) in [5, 5.41) is 7.26. The molecular weight excluding hydrogens is 566 g/mol. The molecule has 7 rings (SSSR count). The third kappa shape index (κ3) is 4.74. The predicted octanol–water partition coefficient (Wildman–Crippen LogP) is 8.00. The highest BCUT2D eigenvalue weighted by molar-refractivity contribution is 7.92. The molecule has 8 heteroatoms. The monoisotopic (exact) mass is 597 g/mol. The number of amides is 1. The van der Waals surface area contributed by atoms with Crippen molar-refractivity contribution >= 4 is 44.6 Å². The predicted molar refractivity (Wildman–Crippen MR) is 168 cm³/mol. The van der Waals surface area contributed by atoms with Crippen LogP contribution in [0.2, 0.25) is 5.02 Å². The Balaban J connectivity index is 1.10. The number of halogens is 1. The van der Waals surface area contributed by atoms with E-state index in [1.54, 1.807) is 37.3 Å². The summed E-state index contributed by atoms with van der Waals surface area (Å²) in [5.74, 6) is 2.11. The fourth-order valence-corrected chi connectivity index (χ4v) is 8.76. The van der Waals surface area contributed by atoms with E-state index >= 15 is 0 Å². The Morgan fingerprint density at radius 1 is 0.905 bits per heavy atom. The lowest BCUT2D eigenvalue weighted by molar-refractivity contribution is 0.102. The minimum Gasteiger partial charge on any atom is -0.378 e.